The van der Waals surface area contributed by atoms with Gasteiger partial charge in [-0.2, -0.15) is 4.31 Å². The Morgan fingerprint density at radius 2 is 1.66 bits per heavy atom. The summed E-state index contributed by atoms with van der Waals surface area (Å²) in [7, 11) is -3.54. The first-order chi connectivity index (χ1) is 13.9. The van der Waals surface area contributed by atoms with E-state index in [2.05, 4.69) is 0 Å². The van der Waals surface area contributed by atoms with E-state index in [1.165, 1.54) is 4.31 Å². The van der Waals surface area contributed by atoms with E-state index in [4.69, 9.17) is 4.74 Å². The number of benzene rings is 1. The van der Waals surface area contributed by atoms with Crippen molar-refractivity contribution in [2.24, 2.45) is 5.92 Å². The molecule has 0 spiro atoms. The molecular weight excluding hydrogens is 416 g/mol. The predicted octanol–water partition coefficient (Wildman–Crippen LogP) is 1.95. The number of rotatable bonds is 5. The molecule has 1 aromatic carbocycles. The molecule has 0 N–H and O–H groups in total. The Morgan fingerprint density at radius 3 is 2.21 bits per heavy atom. The molecule has 2 aliphatic heterocycles. The van der Waals surface area contributed by atoms with E-state index in [1.807, 2.05) is 0 Å². The second kappa shape index (κ2) is 7.69. The molecule has 4 rings (SSSR count). The van der Waals surface area contributed by atoms with Crippen LogP contribution in [0.5, 0.6) is 0 Å². The van der Waals surface area contributed by atoms with Gasteiger partial charge in [0.2, 0.25) is 0 Å². The van der Waals surface area contributed by atoms with Gasteiger partial charge in [-0.15, -0.1) is 11.3 Å². The number of fused-ring (bicyclic) bond motifs is 1. The molecule has 2 aliphatic rings. The smallest absolute Gasteiger partial charge is 0.310 e. The number of ether oxygens (including phenoxy) is 1. The van der Waals surface area contributed by atoms with Gasteiger partial charge in [-0.25, -0.2) is 13.3 Å². The van der Waals surface area contributed by atoms with Crippen molar-refractivity contribution < 1.29 is 27.5 Å². The van der Waals surface area contributed by atoms with E-state index in [0.29, 0.717) is 24.0 Å². The Bertz CT molecular complexity index is 1020. The SMILES string of the molecule is O=C(OCN1C(=O)c2ccccc2C1=O)C1CCN(S(=O)(=O)c2cccs2)CC1. The second-order valence-electron chi connectivity index (χ2n) is 6.79. The first kappa shape index (κ1) is 19.7. The highest BCUT2D eigenvalue weighted by Gasteiger charge is 2.37. The monoisotopic (exact) mass is 434 g/mol. The lowest BCUT2D eigenvalue weighted by Crippen LogP contribution is -2.41. The fourth-order valence-corrected chi connectivity index (χ4v) is 6.09. The molecule has 1 aromatic heterocycles. The minimum absolute atomic E-state index is 0.215. The van der Waals surface area contributed by atoms with Crippen molar-refractivity contribution in [3.63, 3.8) is 0 Å². The lowest BCUT2D eigenvalue weighted by atomic mass is 9.98. The number of hydrogen-bond acceptors (Lipinski definition) is 7. The Kier molecular flexibility index (Phi) is 5.24. The first-order valence-electron chi connectivity index (χ1n) is 9.05. The van der Waals surface area contributed by atoms with Crippen LogP contribution in [0.15, 0.2) is 46.0 Å². The van der Waals surface area contributed by atoms with Crippen molar-refractivity contribution in [2.75, 3.05) is 19.8 Å². The van der Waals surface area contributed by atoms with Crippen LogP contribution in [0.2, 0.25) is 0 Å². The zero-order chi connectivity index (χ0) is 20.6. The van der Waals surface area contributed by atoms with Crippen molar-refractivity contribution in [1.29, 1.82) is 0 Å². The van der Waals surface area contributed by atoms with Crippen LogP contribution in [0.3, 0.4) is 0 Å². The quantitative estimate of drug-likeness (QED) is 0.527. The van der Waals surface area contributed by atoms with Crippen LogP contribution in [0, 0.1) is 5.92 Å². The number of nitrogens with zero attached hydrogens (tertiary/aromatic N) is 2. The predicted molar refractivity (Wildman–Crippen MR) is 104 cm³/mol. The van der Waals surface area contributed by atoms with E-state index < -0.39 is 40.5 Å². The van der Waals surface area contributed by atoms with Gasteiger partial charge in [0.15, 0.2) is 6.73 Å². The molecule has 2 amide bonds. The maximum Gasteiger partial charge on any atom is 0.310 e. The number of imide groups is 1. The van der Waals surface area contributed by atoms with Gasteiger partial charge >= 0.3 is 5.97 Å². The van der Waals surface area contributed by atoms with Crippen LogP contribution < -0.4 is 0 Å². The van der Waals surface area contributed by atoms with Crippen LogP contribution in [0.1, 0.15) is 33.6 Å². The third-order valence-electron chi connectivity index (χ3n) is 5.09. The van der Waals surface area contributed by atoms with Crippen LogP contribution in [0.4, 0.5) is 0 Å². The van der Waals surface area contributed by atoms with Gasteiger partial charge in [-0.3, -0.25) is 14.4 Å². The van der Waals surface area contributed by atoms with Gasteiger partial charge < -0.3 is 4.74 Å². The summed E-state index contributed by atoms with van der Waals surface area (Å²) < 4.78 is 31.9. The largest absolute Gasteiger partial charge is 0.443 e. The zero-order valence-electron chi connectivity index (χ0n) is 15.3. The molecule has 0 unspecified atom stereocenters. The van der Waals surface area contributed by atoms with Crippen molar-refractivity contribution in [1.82, 2.24) is 9.21 Å². The Hall–Kier alpha value is -2.56. The molecule has 1 saturated heterocycles. The number of piperidine rings is 1. The molecule has 10 heteroatoms. The summed E-state index contributed by atoms with van der Waals surface area (Å²) >= 11 is 1.16. The maximum absolute atomic E-state index is 12.5. The number of amides is 2. The number of sulfonamides is 1. The first-order valence-corrected chi connectivity index (χ1v) is 11.4. The molecule has 29 heavy (non-hydrogen) atoms. The fraction of sp³-hybridized carbons (Fsp3) is 0.316. The Balaban J connectivity index is 1.32. The summed E-state index contributed by atoms with van der Waals surface area (Å²) in [5, 5.41) is 1.70. The maximum atomic E-state index is 12.5. The Morgan fingerprint density at radius 1 is 1.03 bits per heavy atom. The van der Waals surface area contributed by atoms with Crippen LogP contribution in [0.25, 0.3) is 0 Å². The Labute approximate surface area is 171 Å². The van der Waals surface area contributed by atoms with Crippen LogP contribution in [-0.2, 0) is 19.6 Å². The van der Waals surface area contributed by atoms with E-state index in [9.17, 15) is 22.8 Å². The average molecular weight is 434 g/mol. The van der Waals surface area contributed by atoms with Crippen molar-refractivity contribution >= 4 is 39.1 Å². The highest BCUT2D eigenvalue weighted by atomic mass is 32.2. The van der Waals surface area contributed by atoms with Crippen molar-refractivity contribution in [3.8, 4) is 0 Å². The molecule has 0 aliphatic carbocycles. The average Bonchev–Trinajstić information content (AvgIpc) is 3.36. The van der Waals surface area contributed by atoms with Crippen LogP contribution >= 0.6 is 11.3 Å². The van der Waals surface area contributed by atoms with E-state index in [0.717, 1.165) is 16.2 Å². The number of thiophene rings is 1. The third kappa shape index (κ3) is 3.59. The van der Waals surface area contributed by atoms with E-state index in [1.54, 1.807) is 41.8 Å². The second-order valence-corrected chi connectivity index (χ2v) is 9.90. The van der Waals surface area contributed by atoms with Crippen LogP contribution in [-0.4, -0.2) is 55.2 Å². The molecule has 0 atom stereocenters. The molecule has 3 heterocycles. The van der Waals surface area contributed by atoms with E-state index >= 15 is 0 Å². The molecule has 1 fully saturated rings. The molecule has 152 valence electrons. The highest BCUT2D eigenvalue weighted by molar-refractivity contribution is 7.91. The van der Waals surface area contributed by atoms with Gasteiger partial charge in [0, 0.05) is 13.1 Å². The van der Waals surface area contributed by atoms with Gasteiger partial charge in [-0.05, 0) is 36.4 Å². The van der Waals surface area contributed by atoms with Gasteiger partial charge in [-0.1, -0.05) is 18.2 Å². The highest BCUT2D eigenvalue weighted by Crippen LogP contribution is 2.27. The summed E-state index contributed by atoms with van der Waals surface area (Å²) in [4.78, 5) is 37.9. The molecule has 2 aromatic rings. The third-order valence-corrected chi connectivity index (χ3v) is 8.36. The summed E-state index contributed by atoms with van der Waals surface area (Å²) in [5.41, 5.74) is 0.585. The minimum Gasteiger partial charge on any atom is -0.443 e. The number of carbonyl (C=O) groups excluding carboxylic acids is 3. The van der Waals surface area contributed by atoms with Gasteiger partial charge in [0.25, 0.3) is 21.8 Å². The lowest BCUT2D eigenvalue weighted by molar-refractivity contribution is -0.152. The lowest BCUT2D eigenvalue weighted by Gasteiger charge is -2.29. The normalized spacial score (nSPS) is 18.1. The summed E-state index contributed by atoms with van der Waals surface area (Å²) in [5.74, 6) is -1.99. The number of carbonyl (C=O) groups is 3. The molecular formula is C19H18N2O6S2. The number of esters is 1. The molecule has 0 bridgehead atoms. The zero-order valence-corrected chi connectivity index (χ0v) is 16.9. The topological polar surface area (TPSA) is 101 Å². The summed E-state index contributed by atoms with van der Waals surface area (Å²) in [6.45, 7) is -0.0150. The standard InChI is InChI=1S/C19H18N2O6S2/c22-17-14-4-1-2-5-15(14)18(23)21(17)12-27-19(24)13-7-9-20(10-8-13)29(25,26)16-6-3-11-28-16/h1-6,11,13H,7-10,12H2. The van der Waals surface area contributed by atoms with E-state index in [-0.39, 0.29) is 17.3 Å². The summed E-state index contributed by atoms with van der Waals surface area (Å²) in [6.07, 6.45) is 0.650. The minimum atomic E-state index is -3.54. The van der Waals surface area contributed by atoms with Gasteiger partial charge in [0.05, 0.1) is 17.0 Å². The molecule has 0 radical (unpaired) electrons. The molecule has 8 nitrogen and oxygen atoms in total. The fourth-order valence-electron chi connectivity index (χ4n) is 3.47. The number of hydrogen-bond donors (Lipinski definition) is 0. The van der Waals surface area contributed by atoms with Crippen molar-refractivity contribution in [2.45, 2.75) is 17.1 Å². The molecule has 0 saturated carbocycles. The summed E-state index contributed by atoms with van der Waals surface area (Å²) in [6, 6.07) is 9.68. The van der Waals surface area contributed by atoms with Gasteiger partial charge in [0.1, 0.15) is 4.21 Å². The van der Waals surface area contributed by atoms with Crippen molar-refractivity contribution in [3.05, 3.63) is 52.9 Å².